The zero-order chi connectivity index (χ0) is 10.1. The van der Waals surface area contributed by atoms with Crippen LogP contribution in [-0.2, 0) is 4.79 Å². The minimum Gasteiger partial charge on any atom is -0.362 e. The van der Waals surface area contributed by atoms with Gasteiger partial charge in [0.15, 0.2) is 6.29 Å². The predicted octanol–water partition coefficient (Wildman–Crippen LogP) is 0.480. The normalized spacial score (nSPS) is 27.8. The molecular weight excluding hydrogens is 187 g/mol. The van der Waals surface area contributed by atoms with Gasteiger partial charge in [-0.25, -0.2) is 0 Å². The Bertz CT molecular complexity index is 282. The van der Waals surface area contributed by atoms with Gasteiger partial charge in [-0.3, -0.25) is 4.79 Å². The molecule has 0 aromatic heterocycles. The van der Waals surface area contributed by atoms with Gasteiger partial charge in [-0.15, -0.1) is 0 Å². The first-order chi connectivity index (χ1) is 5.87. The van der Waals surface area contributed by atoms with E-state index in [4.69, 9.17) is 5.11 Å². The van der Waals surface area contributed by atoms with E-state index in [-0.39, 0.29) is 6.29 Å². The molecule has 0 saturated carbocycles. The second-order valence-corrected chi connectivity index (χ2v) is 2.52. The second-order valence-electron chi connectivity index (χ2n) is 2.52. The Morgan fingerprint density at radius 3 is 2.46 bits per heavy atom. The number of aldehydes is 1. The molecule has 72 valence electrons. The van der Waals surface area contributed by atoms with E-state index >= 15 is 0 Å². The fourth-order valence-corrected chi connectivity index (χ4v) is 0.756. The number of hydrogen-bond donors (Lipinski definition) is 2. The highest BCUT2D eigenvalue weighted by Gasteiger charge is 2.35. The number of rotatable bonds is 1. The maximum absolute atomic E-state index is 12.0. The molecule has 2 N–H and O–H groups in total. The number of dihydropyridines is 1. The molecule has 13 heavy (non-hydrogen) atoms. The number of carbonyl (C=O) groups is 1. The van der Waals surface area contributed by atoms with E-state index in [0.717, 1.165) is 6.08 Å². The van der Waals surface area contributed by atoms with Crippen LogP contribution in [0, 0.1) is 0 Å². The molecule has 0 fully saturated rings. The van der Waals surface area contributed by atoms with Crippen molar-refractivity contribution in [3.8, 4) is 0 Å². The van der Waals surface area contributed by atoms with Crippen molar-refractivity contribution in [2.75, 3.05) is 0 Å². The summed E-state index contributed by atoms with van der Waals surface area (Å²) in [6.07, 6.45) is -2.44. The number of hydrogen-bond acceptors (Lipinski definition) is 3. The lowest BCUT2D eigenvalue weighted by Gasteiger charge is -2.23. The Balaban J connectivity index is 2.82. The third kappa shape index (κ3) is 2.09. The molecule has 1 aliphatic rings. The summed E-state index contributed by atoms with van der Waals surface area (Å²) in [6, 6.07) is 0. The molecule has 0 radical (unpaired) electrons. The summed E-state index contributed by atoms with van der Waals surface area (Å²) in [5.74, 6) is 0. The number of allylic oxidation sites excluding steroid dienone is 2. The summed E-state index contributed by atoms with van der Waals surface area (Å²) in [5, 5.41) is 11.0. The number of aliphatic hydroxyl groups is 1. The van der Waals surface area contributed by atoms with Gasteiger partial charge in [-0.1, -0.05) is 0 Å². The molecule has 0 aromatic carbocycles. The lowest BCUT2D eigenvalue weighted by atomic mass is 10.1. The van der Waals surface area contributed by atoms with E-state index in [1.54, 1.807) is 0 Å². The topological polar surface area (TPSA) is 49.3 Å². The van der Waals surface area contributed by atoms with Gasteiger partial charge in [0.05, 0.1) is 5.57 Å². The van der Waals surface area contributed by atoms with Crippen LogP contribution in [0.5, 0.6) is 0 Å². The van der Waals surface area contributed by atoms with Crippen molar-refractivity contribution < 1.29 is 23.1 Å². The zero-order valence-electron chi connectivity index (χ0n) is 6.30. The first-order valence-corrected chi connectivity index (χ1v) is 3.30. The number of carbonyl (C=O) groups excluding carboxylic acids is 1. The van der Waals surface area contributed by atoms with Gasteiger partial charge in [0.1, 0.15) is 0 Å². The van der Waals surface area contributed by atoms with E-state index in [1.807, 2.05) is 5.32 Å². The van der Waals surface area contributed by atoms with Crippen LogP contribution in [0.2, 0.25) is 0 Å². The van der Waals surface area contributed by atoms with E-state index < -0.39 is 17.5 Å². The van der Waals surface area contributed by atoms with Crippen molar-refractivity contribution in [1.82, 2.24) is 5.32 Å². The van der Waals surface area contributed by atoms with Crippen LogP contribution in [0.25, 0.3) is 0 Å². The average Bonchev–Trinajstić information content (AvgIpc) is 2.04. The van der Waals surface area contributed by atoms with Gasteiger partial charge < -0.3 is 10.4 Å². The number of halogens is 3. The Labute approximate surface area is 71.5 Å². The van der Waals surface area contributed by atoms with Crippen molar-refractivity contribution >= 4 is 6.29 Å². The average molecular weight is 193 g/mol. The Kier molecular flexibility index (Phi) is 2.17. The first kappa shape index (κ1) is 9.79. The molecule has 1 atom stereocenters. The van der Waals surface area contributed by atoms with Crippen LogP contribution in [0.3, 0.4) is 0 Å². The zero-order valence-corrected chi connectivity index (χ0v) is 6.30. The molecule has 0 saturated heterocycles. The molecule has 6 heteroatoms. The van der Waals surface area contributed by atoms with Crippen LogP contribution >= 0.6 is 0 Å². The van der Waals surface area contributed by atoms with Gasteiger partial charge in [-0.2, -0.15) is 13.2 Å². The van der Waals surface area contributed by atoms with Crippen molar-refractivity contribution in [2.45, 2.75) is 11.9 Å². The minimum atomic E-state index is -4.48. The molecule has 1 heterocycles. The number of nitrogens with one attached hydrogen (secondary N) is 1. The third-order valence-corrected chi connectivity index (χ3v) is 1.48. The summed E-state index contributed by atoms with van der Waals surface area (Å²) in [4.78, 5) is 10.2. The molecule has 1 rings (SSSR count). The molecule has 1 unspecified atom stereocenters. The van der Waals surface area contributed by atoms with E-state index in [2.05, 4.69) is 0 Å². The fourth-order valence-electron chi connectivity index (χ4n) is 0.756. The third-order valence-electron chi connectivity index (χ3n) is 1.48. The molecule has 0 amide bonds. The molecular formula is C7H6F3NO2. The highest BCUT2D eigenvalue weighted by Crippen LogP contribution is 2.28. The maximum atomic E-state index is 12.0. The smallest absolute Gasteiger partial charge is 0.362 e. The van der Waals surface area contributed by atoms with Crippen LogP contribution < -0.4 is 5.32 Å². The summed E-state index contributed by atoms with van der Waals surface area (Å²) in [7, 11) is 0. The lowest BCUT2D eigenvalue weighted by molar-refractivity contribution is -0.122. The van der Waals surface area contributed by atoms with Crippen molar-refractivity contribution in [3.63, 3.8) is 0 Å². The molecule has 0 aromatic rings. The van der Waals surface area contributed by atoms with Crippen LogP contribution in [-0.4, -0.2) is 23.3 Å². The predicted molar refractivity (Wildman–Crippen MR) is 37.4 cm³/mol. The quantitative estimate of drug-likeness (QED) is 0.595. The summed E-state index contributed by atoms with van der Waals surface area (Å²) >= 11 is 0. The molecule has 0 spiro atoms. The van der Waals surface area contributed by atoms with Gasteiger partial charge in [0.2, 0.25) is 5.72 Å². The first-order valence-electron chi connectivity index (χ1n) is 3.30. The van der Waals surface area contributed by atoms with Gasteiger partial charge in [-0.05, 0) is 12.2 Å². The Morgan fingerprint density at radius 1 is 1.54 bits per heavy atom. The van der Waals surface area contributed by atoms with Crippen molar-refractivity contribution in [3.05, 3.63) is 23.9 Å². The number of alkyl halides is 3. The Hall–Kier alpha value is -1.30. The molecule has 0 bridgehead atoms. The lowest BCUT2D eigenvalue weighted by Crippen LogP contribution is -2.44. The highest BCUT2D eigenvalue weighted by molar-refractivity contribution is 5.66. The molecule has 3 nitrogen and oxygen atoms in total. The van der Waals surface area contributed by atoms with Gasteiger partial charge in [0.25, 0.3) is 0 Å². The summed E-state index contributed by atoms with van der Waals surface area (Å²) in [5.41, 5.74) is -2.96. The second kappa shape index (κ2) is 2.88. The van der Waals surface area contributed by atoms with E-state index in [1.165, 1.54) is 0 Å². The maximum Gasteiger partial charge on any atom is 0.417 e. The largest absolute Gasteiger partial charge is 0.417 e. The van der Waals surface area contributed by atoms with Crippen LogP contribution in [0.1, 0.15) is 0 Å². The van der Waals surface area contributed by atoms with E-state index in [0.29, 0.717) is 12.3 Å². The summed E-state index contributed by atoms with van der Waals surface area (Å²) in [6.45, 7) is 0. The fraction of sp³-hybridized carbons (Fsp3) is 0.286. The van der Waals surface area contributed by atoms with Gasteiger partial charge in [0, 0.05) is 6.20 Å². The molecule has 1 aliphatic heterocycles. The molecule has 0 aliphatic carbocycles. The standard InChI is InChI=1S/C7H6F3NO2/c8-7(9,10)5-1-2-6(13,4-12)11-3-5/h1-4,11,13H. The van der Waals surface area contributed by atoms with Gasteiger partial charge >= 0.3 is 6.18 Å². The van der Waals surface area contributed by atoms with Crippen molar-refractivity contribution in [2.24, 2.45) is 0 Å². The SMILES string of the molecule is O=CC1(O)C=CC(C(F)(F)F)=CN1. The van der Waals surface area contributed by atoms with Crippen molar-refractivity contribution in [1.29, 1.82) is 0 Å². The summed E-state index contributed by atoms with van der Waals surface area (Å²) < 4.78 is 35.9. The minimum absolute atomic E-state index is 0.104. The van der Waals surface area contributed by atoms with Crippen LogP contribution in [0.4, 0.5) is 13.2 Å². The Morgan fingerprint density at radius 2 is 2.15 bits per heavy atom. The monoisotopic (exact) mass is 193 g/mol. The highest BCUT2D eigenvalue weighted by atomic mass is 19.4. The van der Waals surface area contributed by atoms with Crippen LogP contribution in [0.15, 0.2) is 23.9 Å². The van der Waals surface area contributed by atoms with E-state index in [9.17, 15) is 18.0 Å².